The largest absolute Gasteiger partial charge is 0.383 e. The summed E-state index contributed by atoms with van der Waals surface area (Å²) in [5.74, 6) is 1.49. The van der Waals surface area contributed by atoms with Crippen LogP contribution in [0.15, 0.2) is 23.3 Å². The summed E-state index contributed by atoms with van der Waals surface area (Å²) in [6.45, 7) is 5.35. The Kier molecular flexibility index (Phi) is 5.80. The van der Waals surface area contributed by atoms with Gasteiger partial charge in [-0.25, -0.2) is 9.98 Å². The van der Waals surface area contributed by atoms with Crippen LogP contribution >= 0.6 is 0 Å². The maximum Gasteiger partial charge on any atom is 0.189 e. The number of nitrogens with zero attached hydrogens (tertiary/aromatic N) is 3. The van der Waals surface area contributed by atoms with E-state index < -0.39 is 0 Å². The highest BCUT2D eigenvalue weighted by Crippen LogP contribution is 2.17. The summed E-state index contributed by atoms with van der Waals surface area (Å²) in [6, 6.07) is 4.28. The zero-order valence-electron chi connectivity index (χ0n) is 12.9. The molecule has 0 bridgehead atoms. The fourth-order valence-electron chi connectivity index (χ4n) is 2.41. The van der Waals surface area contributed by atoms with Crippen LogP contribution in [0.3, 0.4) is 0 Å². The standard InChI is InChI=1S/C15H25N5O/c1-12(11-21-2)19-15(16)18-10-13-5-6-14(17-9-13)20-7-3-4-8-20/h5-6,9,12H,3-4,7-8,10-11H2,1-2H3,(H3,16,18,19). The third-order valence-electron chi connectivity index (χ3n) is 3.48. The van der Waals surface area contributed by atoms with E-state index in [9.17, 15) is 0 Å². The van der Waals surface area contributed by atoms with Crippen LogP contribution in [0.1, 0.15) is 25.3 Å². The number of methoxy groups -OCH3 is 1. The molecule has 1 fully saturated rings. The summed E-state index contributed by atoms with van der Waals surface area (Å²) in [4.78, 5) is 11.1. The Morgan fingerprint density at radius 1 is 1.48 bits per heavy atom. The van der Waals surface area contributed by atoms with Crippen molar-refractivity contribution in [2.24, 2.45) is 10.7 Å². The Hall–Kier alpha value is -1.82. The molecule has 116 valence electrons. The fraction of sp³-hybridized carbons (Fsp3) is 0.600. The molecular formula is C15H25N5O. The number of pyridine rings is 1. The highest BCUT2D eigenvalue weighted by Gasteiger charge is 2.12. The van der Waals surface area contributed by atoms with Crippen molar-refractivity contribution >= 4 is 11.8 Å². The molecule has 0 aliphatic carbocycles. The minimum atomic E-state index is 0.148. The van der Waals surface area contributed by atoms with E-state index in [2.05, 4.69) is 32.3 Å². The summed E-state index contributed by atoms with van der Waals surface area (Å²) in [5, 5.41) is 3.08. The molecule has 0 aromatic carbocycles. The molecule has 6 nitrogen and oxygen atoms in total. The first-order valence-electron chi connectivity index (χ1n) is 7.44. The monoisotopic (exact) mass is 291 g/mol. The lowest BCUT2D eigenvalue weighted by molar-refractivity contribution is 0.179. The second kappa shape index (κ2) is 7.83. The maximum absolute atomic E-state index is 5.84. The molecule has 1 aliphatic rings. The molecule has 1 aliphatic heterocycles. The number of hydrogen-bond acceptors (Lipinski definition) is 4. The number of ether oxygens (including phenoxy) is 1. The molecule has 0 amide bonds. The first-order chi connectivity index (χ1) is 10.2. The predicted octanol–water partition coefficient (Wildman–Crippen LogP) is 1.12. The Morgan fingerprint density at radius 2 is 2.24 bits per heavy atom. The molecule has 0 spiro atoms. The zero-order chi connectivity index (χ0) is 15.1. The van der Waals surface area contributed by atoms with Crippen LogP contribution in [0.25, 0.3) is 0 Å². The van der Waals surface area contributed by atoms with Crippen molar-refractivity contribution in [3.63, 3.8) is 0 Å². The summed E-state index contributed by atoms with van der Waals surface area (Å²) in [5.41, 5.74) is 6.89. The first kappa shape index (κ1) is 15.6. The molecule has 1 aromatic rings. The molecule has 1 aromatic heterocycles. The lowest BCUT2D eigenvalue weighted by Crippen LogP contribution is -2.40. The van der Waals surface area contributed by atoms with Gasteiger partial charge in [0.1, 0.15) is 5.82 Å². The molecule has 21 heavy (non-hydrogen) atoms. The lowest BCUT2D eigenvalue weighted by atomic mass is 10.3. The Bertz CT molecular complexity index is 454. The van der Waals surface area contributed by atoms with Gasteiger partial charge in [-0.2, -0.15) is 0 Å². The van der Waals surface area contributed by atoms with Gasteiger partial charge in [-0.15, -0.1) is 0 Å². The van der Waals surface area contributed by atoms with E-state index in [1.165, 1.54) is 12.8 Å². The van der Waals surface area contributed by atoms with Gasteiger partial charge in [0.15, 0.2) is 5.96 Å². The van der Waals surface area contributed by atoms with E-state index in [0.29, 0.717) is 19.1 Å². The maximum atomic E-state index is 5.84. The Morgan fingerprint density at radius 3 is 2.86 bits per heavy atom. The van der Waals surface area contributed by atoms with Crippen molar-refractivity contribution in [1.29, 1.82) is 0 Å². The summed E-state index contributed by atoms with van der Waals surface area (Å²) in [6.07, 6.45) is 4.40. The van der Waals surface area contributed by atoms with Crippen LogP contribution in [0, 0.1) is 0 Å². The number of anilines is 1. The second-order valence-corrected chi connectivity index (χ2v) is 5.42. The highest BCUT2D eigenvalue weighted by molar-refractivity contribution is 5.78. The lowest BCUT2D eigenvalue weighted by Gasteiger charge is -2.16. The van der Waals surface area contributed by atoms with Crippen molar-refractivity contribution in [3.05, 3.63) is 23.9 Å². The van der Waals surface area contributed by atoms with E-state index in [-0.39, 0.29) is 6.04 Å². The quantitative estimate of drug-likeness (QED) is 0.607. The van der Waals surface area contributed by atoms with Gasteiger partial charge in [-0.1, -0.05) is 6.07 Å². The molecule has 0 radical (unpaired) electrons. The summed E-state index contributed by atoms with van der Waals surface area (Å²) < 4.78 is 5.04. The van der Waals surface area contributed by atoms with Crippen molar-refractivity contribution in [2.75, 3.05) is 31.7 Å². The predicted molar refractivity (Wildman–Crippen MR) is 85.5 cm³/mol. The average Bonchev–Trinajstić information content (AvgIpc) is 3.00. The van der Waals surface area contributed by atoms with Gasteiger partial charge in [0.25, 0.3) is 0 Å². The molecule has 1 unspecified atom stereocenters. The van der Waals surface area contributed by atoms with Crippen LogP contribution in [0.4, 0.5) is 5.82 Å². The molecule has 0 saturated carbocycles. The molecule has 1 saturated heterocycles. The van der Waals surface area contributed by atoms with Crippen LogP contribution in [-0.2, 0) is 11.3 Å². The highest BCUT2D eigenvalue weighted by atomic mass is 16.5. The molecule has 6 heteroatoms. The van der Waals surface area contributed by atoms with Crippen LogP contribution in [-0.4, -0.2) is 43.8 Å². The van der Waals surface area contributed by atoms with E-state index in [1.807, 2.05) is 13.1 Å². The van der Waals surface area contributed by atoms with Crippen molar-refractivity contribution in [1.82, 2.24) is 10.3 Å². The van der Waals surface area contributed by atoms with Gasteiger partial charge < -0.3 is 20.7 Å². The van der Waals surface area contributed by atoms with E-state index in [4.69, 9.17) is 10.5 Å². The zero-order valence-corrected chi connectivity index (χ0v) is 12.9. The number of rotatable bonds is 6. The molecule has 3 N–H and O–H groups in total. The van der Waals surface area contributed by atoms with Gasteiger partial charge >= 0.3 is 0 Å². The van der Waals surface area contributed by atoms with Crippen molar-refractivity contribution < 1.29 is 4.74 Å². The summed E-state index contributed by atoms with van der Waals surface area (Å²) in [7, 11) is 1.67. The van der Waals surface area contributed by atoms with Gasteiger partial charge in [0.2, 0.25) is 0 Å². The summed E-state index contributed by atoms with van der Waals surface area (Å²) >= 11 is 0. The van der Waals surface area contributed by atoms with E-state index >= 15 is 0 Å². The van der Waals surface area contributed by atoms with E-state index in [0.717, 1.165) is 24.5 Å². The number of nitrogens with two attached hydrogens (primary N) is 1. The number of guanidine groups is 1. The molecule has 2 heterocycles. The number of aromatic nitrogens is 1. The minimum Gasteiger partial charge on any atom is -0.383 e. The Balaban J connectivity index is 1.85. The fourth-order valence-corrected chi connectivity index (χ4v) is 2.41. The SMILES string of the molecule is COCC(C)NC(N)=NCc1ccc(N2CCCC2)nc1. The average molecular weight is 291 g/mol. The van der Waals surface area contributed by atoms with Crippen molar-refractivity contribution in [3.8, 4) is 0 Å². The normalized spacial score (nSPS) is 17.0. The topological polar surface area (TPSA) is 75.8 Å². The second-order valence-electron chi connectivity index (χ2n) is 5.42. The van der Waals surface area contributed by atoms with Gasteiger partial charge in [0.05, 0.1) is 13.2 Å². The molecule has 1 atom stereocenters. The minimum absolute atomic E-state index is 0.148. The van der Waals surface area contributed by atoms with Gasteiger partial charge in [-0.05, 0) is 31.4 Å². The van der Waals surface area contributed by atoms with Crippen LogP contribution in [0.5, 0.6) is 0 Å². The third-order valence-corrected chi connectivity index (χ3v) is 3.48. The number of aliphatic imine (C=N–C) groups is 1. The smallest absolute Gasteiger partial charge is 0.189 e. The Labute approximate surface area is 126 Å². The first-order valence-corrected chi connectivity index (χ1v) is 7.44. The third kappa shape index (κ3) is 4.90. The van der Waals surface area contributed by atoms with E-state index in [1.54, 1.807) is 7.11 Å². The number of hydrogen-bond donors (Lipinski definition) is 2. The van der Waals surface area contributed by atoms with Gasteiger partial charge in [0, 0.05) is 32.4 Å². The van der Waals surface area contributed by atoms with Gasteiger partial charge in [-0.3, -0.25) is 0 Å². The number of nitrogens with one attached hydrogen (secondary N) is 1. The van der Waals surface area contributed by atoms with Crippen molar-refractivity contribution in [2.45, 2.75) is 32.4 Å². The van der Waals surface area contributed by atoms with Crippen LogP contribution < -0.4 is 16.0 Å². The molecular weight excluding hydrogens is 266 g/mol. The van der Waals surface area contributed by atoms with Crippen LogP contribution in [0.2, 0.25) is 0 Å². The molecule has 2 rings (SSSR count).